The second-order valence-electron chi connectivity index (χ2n) is 9.14. The van der Waals surface area contributed by atoms with E-state index in [4.69, 9.17) is 20.2 Å². The van der Waals surface area contributed by atoms with Crippen molar-refractivity contribution in [3.63, 3.8) is 0 Å². The maximum Gasteiger partial charge on any atom is 0.231 e. The van der Waals surface area contributed by atoms with Crippen LogP contribution >= 0.6 is 11.8 Å². The largest absolute Gasteiger partial charge is 0.454 e. The fraction of sp³-hybridized carbons (Fsp3) is 0.391. The zero-order chi connectivity index (χ0) is 23.7. The summed E-state index contributed by atoms with van der Waals surface area (Å²) in [6.07, 6.45) is 5.22. The number of benzene rings is 1. The van der Waals surface area contributed by atoms with Crippen LogP contribution in [-0.4, -0.2) is 48.6 Å². The van der Waals surface area contributed by atoms with E-state index in [2.05, 4.69) is 50.8 Å². The second kappa shape index (κ2) is 9.15. The number of ether oxygens (including phenoxy) is 2. The summed E-state index contributed by atoms with van der Waals surface area (Å²) >= 11 is 1.54. The summed E-state index contributed by atoms with van der Waals surface area (Å²) in [7, 11) is 0. The maximum absolute atomic E-state index is 6.14. The van der Waals surface area contributed by atoms with Crippen molar-refractivity contribution in [1.29, 1.82) is 0 Å². The number of nitrogen functional groups attached to an aromatic ring is 1. The van der Waals surface area contributed by atoms with Gasteiger partial charge in [-0.05, 0) is 58.4 Å². The highest BCUT2D eigenvalue weighted by Crippen LogP contribution is 2.44. The normalized spacial score (nSPS) is 13.1. The standard InChI is InChI=1S/C23H28N8O2S/c1-23(2,3)27-7-4-5-9-31-21-19(20(24)25-12-26-21)29-22(31)34-18-11-17-16(32-13-33-17)10-14(18)15-6-8-28-30-15/h6,8,10-12,27H,4-5,7,9,13H2,1-3H3,(H,28,30)(H2,24,25,26). The Bertz CT molecular complexity index is 1300. The topological polar surface area (TPSA) is 129 Å². The number of aromatic nitrogens is 6. The van der Waals surface area contributed by atoms with Gasteiger partial charge in [-0.3, -0.25) is 5.10 Å². The lowest BCUT2D eigenvalue weighted by Crippen LogP contribution is -2.36. The summed E-state index contributed by atoms with van der Waals surface area (Å²) in [5.41, 5.74) is 9.44. The highest BCUT2D eigenvalue weighted by molar-refractivity contribution is 7.99. The van der Waals surface area contributed by atoms with Crippen molar-refractivity contribution in [2.24, 2.45) is 0 Å². The number of hydrogen-bond donors (Lipinski definition) is 3. The number of nitrogens with zero attached hydrogens (tertiary/aromatic N) is 5. The molecule has 11 heteroatoms. The van der Waals surface area contributed by atoms with Crippen molar-refractivity contribution in [2.75, 3.05) is 19.1 Å². The van der Waals surface area contributed by atoms with Crippen LogP contribution in [-0.2, 0) is 6.54 Å². The first-order chi connectivity index (χ1) is 16.4. The Morgan fingerprint density at radius 2 is 2.00 bits per heavy atom. The zero-order valence-corrected chi connectivity index (χ0v) is 20.3. The molecule has 0 fully saturated rings. The third kappa shape index (κ3) is 4.66. The van der Waals surface area contributed by atoms with Gasteiger partial charge in [-0.1, -0.05) is 11.8 Å². The van der Waals surface area contributed by atoms with Crippen molar-refractivity contribution >= 4 is 28.7 Å². The summed E-state index contributed by atoms with van der Waals surface area (Å²) in [6.45, 7) is 8.44. The Balaban J connectivity index is 1.47. The van der Waals surface area contributed by atoms with Crippen LogP contribution in [0.15, 0.2) is 40.8 Å². The molecule has 0 unspecified atom stereocenters. The maximum atomic E-state index is 6.14. The van der Waals surface area contributed by atoms with Crippen molar-refractivity contribution in [3.8, 4) is 22.8 Å². The monoisotopic (exact) mass is 480 g/mol. The van der Waals surface area contributed by atoms with Crippen LogP contribution in [0.1, 0.15) is 33.6 Å². The van der Waals surface area contributed by atoms with Gasteiger partial charge in [0.2, 0.25) is 6.79 Å². The number of aromatic amines is 1. The van der Waals surface area contributed by atoms with E-state index in [1.165, 1.54) is 18.1 Å². The predicted octanol–water partition coefficient (Wildman–Crippen LogP) is 3.85. The number of fused-ring (bicyclic) bond motifs is 2. The summed E-state index contributed by atoms with van der Waals surface area (Å²) in [6, 6.07) is 5.88. The fourth-order valence-corrected chi connectivity index (χ4v) is 4.86. The minimum Gasteiger partial charge on any atom is -0.454 e. The first-order valence-corrected chi connectivity index (χ1v) is 12.0. The number of rotatable bonds is 8. The first-order valence-electron chi connectivity index (χ1n) is 11.2. The van der Waals surface area contributed by atoms with Gasteiger partial charge in [-0.15, -0.1) is 0 Å². The van der Waals surface area contributed by atoms with Crippen LogP contribution < -0.4 is 20.5 Å². The SMILES string of the molecule is CC(C)(C)NCCCCn1c(Sc2cc3c(cc2-c2ccn[nH]2)OCO3)nc2c(N)ncnc21. The van der Waals surface area contributed by atoms with Crippen LogP contribution in [0.4, 0.5) is 5.82 Å². The Labute approximate surface area is 201 Å². The van der Waals surface area contributed by atoms with Gasteiger partial charge in [-0.25, -0.2) is 15.0 Å². The smallest absolute Gasteiger partial charge is 0.231 e. The van der Waals surface area contributed by atoms with E-state index in [1.54, 1.807) is 6.20 Å². The van der Waals surface area contributed by atoms with Gasteiger partial charge in [0.25, 0.3) is 0 Å². The molecular formula is C23H28N8O2S. The molecule has 10 nitrogen and oxygen atoms in total. The van der Waals surface area contributed by atoms with Gasteiger partial charge in [0.05, 0.1) is 5.69 Å². The van der Waals surface area contributed by atoms with Gasteiger partial charge in [-0.2, -0.15) is 5.10 Å². The molecule has 0 bridgehead atoms. The highest BCUT2D eigenvalue weighted by Gasteiger charge is 2.22. The molecule has 1 aliphatic heterocycles. The van der Waals surface area contributed by atoms with E-state index in [0.29, 0.717) is 22.8 Å². The lowest BCUT2D eigenvalue weighted by Gasteiger charge is -2.20. The minimum atomic E-state index is 0.104. The van der Waals surface area contributed by atoms with Crippen molar-refractivity contribution in [1.82, 2.24) is 35.0 Å². The van der Waals surface area contributed by atoms with Gasteiger partial charge in [0, 0.05) is 28.7 Å². The van der Waals surface area contributed by atoms with Gasteiger partial charge in [0.15, 0.2) is 33.6 Å². The Morgan fingerprint density at radius 1 is 1.18 bits per heavy atom. The lowest BCUT2D eigenvalue weighted by atomic mass is 10.1. The Hall–Kier alpha value is -3.31. The van der Waals surface area contributed by atoms with E-state index in [-0.39, 0.29) is 12.3 Å². The summed E-state index contributed by atoms with van der Waals surface area (Å²) in [5.74, 6) is 1.80. The van der Waals surface area contributed by atoms with Gasteiger partial charge < -0.3 is 25.1 Å². The van der Waals surface area contributed by atoms with Crippen molar-refractivity contribution in [3.05, 3.63) is 30.7 Å². The first kappa shape index (κ1) is 22.5. The van der Waals surface area contributed by atoms with Crippen LogP contribution in [0.25, 0.3) is 22.4 Å². The van der Waals surface area contributed by atoms with E-state index in [1.807, 2.05) is 18.2 Å². The number of aryl methyl sites for hydroxylation is 1. The van der Waals surface area contributed by atoms with Crippen LogP contribution in [0.2, 0.25) is 0 Å². The van der Waals surface area contributed by atoms with E-state index in [0.717, 1.165) is 52.9 Å². The molecule has 0 radical (unpaired) electrons. The van der Waals surface area contributed by atoms with E-state index < -0.39 is 0 Å². The Morgan fingerprint density at radius 3 is 2.76 bits per heavy atom. The molecule has 0 atom stereocenters. The average molecular weight is 481 g/mol. The molecule has 1 aliphatic rings. The number of anilines is 1. The molecule has 4 heterocycles. The predicted molar refractivity (Wildman–Crippen MR) is 131 cm³/mol. The zero-order valence-electron chi connectivity index (χ0n) is 19.5. The van der Waals surface area contributed by atoms with Crippen LogP contribution in [0.3, 0.4) is 0 Å². The fourth-order valence-electron chi connectivity index (χ4n) is 3.79. The van der Waals surface area contributed by atoms with E-state index in [9.17, 15) is 0 Å². The molecular weight excluding hydrogens is 452 g/mol. The van der Waals surface area contributed by atoms with Crippen LogP contribution in [0, 0.1) is 0 Å². The molecule has 0 aliphatic carbocycles. The molecule has 0 saturated heterocycles. The summed E-state index contributed by atoms with van der Waals surface area (Å²) < 4.78 is 13.4. The van der Waals surface area contributed by atoms with Crippen LogP contribution in [0.5, 0.6) is 11.5 Å². The molecule has 4 aromatic rings. The Kier molecular flexibility index (Phi) is 6.05. The number of imidazole rings is 1. The number of nitrogens with two attached hydrogens (primary N) is 1. The molecule has 4 N–H and O–H groups in total. The lowest BCUT2D eigenvalue weighted by molar-refractivity contribution is 0.174. The highest BCUT2D eigenvalue weighted by atomic mass is 32.2. The third-order valence-corrected chi connectivity index (χ3v) is 6.51. The average Bonchev–Trinajstić information content (AvgIpc) is 3.53. The quantitative estimate of drug-likeness (QED) is 0.322. The molecule has 178 valence electrons. The van der Waals surface area contributed by atoms with E-state index >= 15 is 0 Å². The molecule has 3 aromatic heterocycles. The number of nitrogens with one attached hydrogen (secondary N) is 2. The second-order valence-corrected chi connectivity index (χ2v) is 10.1. The molecule has 5 rings (SSSR count). The molecule has 1 aromatic carbocycles. The molecule has 34 heavy (non-hydrogen) atoms. The van der Waals surface area contributed by atoms with Crippen molar-refractivity contribution < 1.29 is 9.47 Å². The van der Waals surface area contributed by atoms with Crippen molar-refractivity contribution in [2.45, 2.75) is 55.7 Å². The summed E-state index contributed by atoms with van der Waals surface area (Å²) in [5, 5.41) is 11.5. The van der Waals surface area contributed by atoms with Gasteiger partial charge in [0.1, 0.15) is 6.33 Å². The summed E-state index contributed by atoms with van der Waals surface area (Å²) in [4.78, 5) is 14.4. The molecule has 0 spiro atoms. The number of H-pyrrole nitrogens is 1. The molecule has 0 saturated carbocycles. The van der Waals surface area contributed by atoms with Gasteiger partial charge >= 0.3 is 0 Å². The third-order valence-electron chi connectivity index (χ3n) is 5.46. The minimum absolute atomic E-state index is 0.104. The number of hydrogen-bond acceptors (Lipinski definition) is 9. The number of unbranched alkanes of at least 4 members (excludes halogenated alkanes) is 1. The molecule has 0 amide bonds.